The van der Waals surface area contributed by atoms with E-state index in [1.165, 1.54) is 26.3 Å². The molecule has 0 spiro atoms. The summed E-state index contributed by atoms with van der Waals surface area (Å²) < 4.78 is 0. The van der Waals surface area contributed by atoms with Crippen molar-refractivity contribution in [1.29, 1.82) is 0 Å². The van der Waals surface area contributed by atoms with E-state index < -0.39 is 0 Å². The molecule has 0 fully saturated rings. The van der Waals surface area contributed by atoms with E-state index in [1.807, 2.05) is 0 Å². The summed E-state index contributed by atoms with van der Waals surface area (Å²) >= 11 is 1.80. The number of nitrogens with zero attached hydrogens (tertiary/aromatic N) is 2. The van der Waals surface area contributed by atoms with Gasteiger partial charge in [-0.15, -0.1) is 0 Å². The van der Waals surface area contributed by atoms with Crippen molar-refractivity contribution in [3.8, 4) is 0 Å². The molecule has 3 aromatic rings. The first kappa shape index (κ1) is 15.3. The van der Waals surface area contributed by atoms with Gasteiger partial charge in [0.1, 0.15) is 0 Å². The van der Waals surface area contributed by atoms with E-state index in [-0.39, 0.29) is 0 Å². The second kappa shape index (κ2) is 5.99. The van der Waals surface area contributed by atoms with Crippen LogP contribution in [0, 0.1) is 0 Å². The number of hydrogen-bond acceptors (Lipinski definition) is 3. The summed E-state index contributed by atoms with van der Waals surface area (Å²) in [5.74, 6) is 0. The van der Waals surface area contributed by atoms with Gasteiger partial charge in [0.15, 0.2) is 0 Å². The molecule has 1 aliphatic heterocycles. The Morgan fingerprint density at radius 2 is 1.71 bits per heavy atom. The molecular weight excluding hydrogens is 312 g/mol. The van der Waals surface area contributed by atoms with Gasteiger partial charge in [-0.3, -0.25) is 0 Å². The van der Waals surface area contributed by atoms with Gasteiger partial charge >= 0.3 is 0 Å². The molecule has 3 heteroatoms. The zero-order valence-corrected chi connectivity index (χ0v) is 14.9. The summed E-state index contributed by atoms with van der Waals surface area (Å²) in [6.07, 6.45) is 0. The second-order valence-electron chi connectivity index (χ2n) is 5.97. The minimum absolute atomic E-state index is 1.02. The van der Waals surface area contributed by atoms with Crippen molar-refractivity contribution in [1.82, 2.24) is 0 Å². The van der Waals surface area contributed by atoms with Crippen LogP contribution >= 0.6 is 11.8 Å². The van der Waals surface area contributed by atoms with Gasteiger partial charge in [-0.1, -0.05) is 42.6 Å². The Balaban J connectivity index is 1.93. The first-order chi connectivity index (χ1) is 11.7. The summed E-state index contributed by atoms with van der Waals surface area (Å²) in [5, 5.41) is 4.51. The topological polar surface area (TPSA) is 15.6 Å². The molecule has 24 heavy (non-hydrogen) atoms. The molecule has 0 bridgehead atoms. The second-order valence-corrected chi connectivity index (χ2v) is 7.05. The lowest BCUT2D eigenvalue weighted by molar-refractivity contribution is 0.864. The highest BCUT2D eigenvalue weighted by molar-refractivity contribution is 7.99. The third kappa shape index (κ3) is 2.40. The van der Waals surface area contributed by atoms with Crippen molar-refractivity contribution in [3.63, 3.8) is 0 Å². The van der Waals surface area contributed by atoms with E-state index in [4.69, 9.17) is 4.99 Å². The van der Waals surface area contributed by atoms with E-state index in [1.54, 1.807) is 11.8 Å². The Bertz CT molecular complexity index is 1040. The molecule has 3 aromatic carbocycles. The summed E-state index contributed by atoms with van der Waals surface area (Å²) in [6.45, 7) is 10.6. The molecular formula is C21H20N2S. The first-order valence-electron chi connectivity index (χ1n) is 8.37. The van der Waals surface area contributed by atoms with E-state index >= 15 is 0 Å². The normalized spacial score (nSPS) is 12.4. The lowest BCUT2D eigenvalue weighted by Gasteiger charge is -2.23. The monoisotopic (exact) mass is 332 g/mol. The highest BCUT2D eigenvalue weighted by Crippen LogP contribution is 2.39. The van der Waals surface area contributed by atoms with Crippen LogP contribution in [0.3, 0.4) is 0 Å². The molecule has 0 atom stereocenters. The Morgan fingerprint density at radius 3 is 2.46 bits per heavy atom. The molecule has 4 rings (SSSR count). The van der Waals surface area contributed by atoms with E-state index in [0.29, 0.717) is 0 Å². The van der Waals surface area contributed by atoms with E-state index in [2.05, 4.69) is 73.9 Å². The summed E-state index contributed by atoms with van der Waals surface area (Å²) in [6, 6.07) is 17.1. The van der Waals surface area contributed by atoms with Gasteiger partial charge in [0.25, 0.3) is 0 Å². The summed E-state index contributed by atoms with van der Waals surface area (Å²) in [4.78, 5) is 9.75. The largest absolute Gasteiger partial charge is 0.372 e. The quantitative estimate of drug-likeness (QED) is 0.548. The highest BCUT2D eigenvalue weighted by Gasteiger charge is 2.15. The molecule has 0 radical (unpaired) electrons. The van der Waals surface area contributed by atoms with Crippen molar-refractivity contribution < 1.29 is 0 Å². The van der Waals surface area contributed by atoms with E-state index in [0.717, 1.165) is 29.4 Å². The Kier molecular flexibility index (Phi) is 3.81. The number of rotatable bonds is 3. The molecule has 0 amide bonds. The molecule has 0 aromatic heterocycles. The average molecular weight is 332 g/mol. The third-order valence-corrected chi connectivity index (χ3v) is 5.67. The highest BCUT2D eigenvalue weighted by atomic mass is 32.2. The minimum atomic E-state index is 1.02. The maximum atomic E-state index is 4.96. The number of anilines is 1. The maximum absolute atomic E-state index is 4.96. The number of fused-ring (bicyclic) bond motifs is 4. The Labute approximate surface area is 146 Å². The minimum Gasteiger partial charge on any atom is -0.372 e. The lowest BCUT2D eigenvalue weighted by Crippen LogP contribution is -2.22. The van der Waals surface area contributed by atoms with Gasteiger partial charge < -0.3 is 4.90 Å². The fraction of sp³-hybridized carbons (Fsp3) is 0.190. The molecule has 0 N–H and O–H groups in total. The molecule has 2 nitrogen and oxygen atoms in total. The van der Waals surface area contributed by atoms with Crippen LogP contribution < -0.4 is 15.5 Å². The Morgan fingerprint density at radius 1 is 0.958 bits per heavy atom. The zero-order chi connectivity index (χ0) is 16.7. The van der Waals surface area contributed by atoms with E-state index in [9.17, 15) is 0 Å². The maximum Gasteiger partial charge on any atom is 0.0855 e. The van der Waals surface area contributed by atoms with Gasteiger partial charge in [0.05, 0.1) is 11.0 Å². The van der Waals surface area contributed by atoms with Crippen molar-refractivity contribution in [2.45, 2.75) is 23.6 Å². The molecule has 0 saturated heterocycles. The van der Waals surface area contributed by atoms with Crippen LogP contribution in [0.15, 0.2) is 63.3 Å². The number of benzene rings is 3. The van der Waals surface area contributed by atoms with Crippen LogP contribution in [0.4, 0.5) is 11.4 Å². The third-order valence-electron chi connectivity index (χ3n) is 4.59. The molecule has 1 aliphatic rings. The van der Waals surface area contributed by atoms with Gasteiger partial charge in [-0.05, 0) is 48.7 Å². The van der Waals surface area contributed by atoms with Crippen molar-refractivity contribution in [2.24, 2.45) is 4.99 Å². The Hall–Kier alpha value is -2.26. The average Bonchev–Trinajstić information content (AvgIpc) is 2.62. The van der Waals surface area contributed by atoms with Gasteiger partial charge in [-0.25, -0.2) is 4.99 Å². The summed E-state index contributed by atoms with van der Waals surface area (Å²) in [7, 11) is 0. The summed E-state index contributed by atoms with van der Waals surface area (Å²) in [5.41, 5.74) is 2.32. The zero-order valence-electron chi connectivity index (χ0n) is 14.0. The van der Waals surface area contributed by atoms with Gasteiger partial charge in [0.2, 0.25) is 0 Å². The first-order valence-corrected chi connectivity index (χ1v) is 9.19. The smallest absolute Gasteiger partial charge is 0.0855 e. The van der Waals surface area contributed by atoms with Gasteiger partial charge in [-0.2, -0.15) is 0 Å². The van der Waals surface area contributed by atoms with Crippen LogP contribution in [0.25, 0.3) is 17.4 Å². The van der Waals surface area contributed by atoms with Crippen LogP contribution in [-0.4, -0.2) is 13.1 Å². The predicted octanol–water partition coefficient (Wildman–Crippen LogP) is 4.51. The molecule has 0 unspecified atom stereocenters. The van der Waals surface area contributed by atoms with Crippen LogP contribution in [0.1, 0.15) is 13.8 Å². The molecule has 120 valence electrons. The fourth-order valence-electron chi connectivity index (χ4n) is 3.30. The standard InChI is InChI=1S/C21H20N2S/c1-4-23(5-2)15-10-11-18-19(13-15)24-20-12-14(3)16-8-6-7-9-17(16)21(20)22-18/h6-13H,3-5H2,1-2H3. The SMILES string of the molecule is C=c1cc2c(c3ccccc13)=Nc1ccc(N(CC)CC)cc1S2. The fourth-order valence-corrected chi connectivity index (χ4v) is 4.39. The van der Waals surface area contributed by atoms with Crippen molar-refractivity contribution in [3.05, 3.63) is 59.1 Å². The van der Waals surface area contributed by atoms with Crippen LogP contribution in [-0.2, 0) is 0 Å². The predicted molar refractivity (Wildman–Crippen MR) is 104 cm³/mol. The van der Waals surface area contributed by atoms with Crippen LogP contribution in [0.5, 0.6) is 0 Å². The van der Waals surface area contributed by atoms with Crippen LogP contribution in [0.2, 0.25) is 0 Å². The molecule has 1 heterocycles. The van der Waals surface area contributed by atoms with Gasteiger partial charge in [0, 0.05) is 34.0 Å². The molecule has 0 saturated carbocycles. The number of hydrogen-bond donors (Lipinski definition) is 0. The van der Waals surface area contributed by atoms with Crippen molar-refractivity contribution >= 4 is 40.5 Å². The van der Waals surface area contributed by atoms with Crippen molar-refractivity contribution in [2.75, 3.05) is 18.0 Å². The lowest BCUT2D eigenvalue weighted by atomic mass is 10.1. The molecule has 0 aliphatic carbocycles.